The van der Waals surface area contributed by atoms with E-state index in [1.807, 2.05) is 25.1 Å². The van der Waals surface area contributed by atoms with Crippen LogP contribution in [0.1, 0.15) is 36.6 Å². The lowest BCUT2D eigenvalue weighted by Gasteiger charge is -2.28. The Kier molecular flexibility index (Phi) is 11.4. The van der Waals surface area contributed by atoms with Crippen molar-refractivity contribution >= 4 is 40.8 Å². The highest BCUT2D eigenvalue weighted by molar-refractivity contribution is 14.1. The van der Waals surface area contributed by atoms with Gasteiger partial charge in [0, 0.05) is 5.70 Å². The van der Waals surface area contributed by atoms with Crippen molar-refractivity contribution in [2.45, 2.75) is 32.7 Å². The van der Waals surface area contributed by atoms with Crippen LogP contribution >= 0.6 is 22.6 Å². The van der Waals surface area contributed by atoms with Gasteiger partial charge in [0.2, 0.25) is 0 Å². The van der Waals surface area contributed by atoms with Crippen LogP contribution < -0.4 is 30.3 Å². The molecule has 0 bridgehead atoms. The van der Waals surface area contributed by atoms with E-state index in [-0.39, 0.29) is 18.0 Å². The average molecular weight is 719 g/mol. The molecule has 1 aliphatic heterocycles. The molecule has 0 radical (unpaired) electrons. The molecule has 1 heterocycles. The molecule has 0 spiro atoms. The first kappa shape index (κ1) is 32.5. The average Bonchev–Trinajstić information content (AvgIpc) is 3.00. The Bertz CT molecular complexity index is 1550. The predicted molar refractivity (Wildman–Crippen MR) is 169 cm³/mol. The van der Waals surface area contributed by atoms with E-state index < -0.39 is 24.3 Å². The zero-order chi connectivity index (χ0) is 31.6. The summed E-state index contributed by atoms with van der Waals surface area (Å²) in [5, 5.41) is 19.8. The number of halogens is 2. The van der Waals surface area contributed by atoms with Gasteiger partial charge >= 0.3 is 12.0 Å². The number of esters is 1. The summed E-state index contributed by atoms with van der Waals surface area (Å²) < 4.78 is 36.2. The topological polar surface area (TPSA) is 140 Å². The fraction of sp³-hybridized carbons (Fsp3) is 0.258. The molecule has 11 nitrogen and oxygen atoms in total. The third-order valence-electron chi connectivity index (χ3n) is 6.37. The number of carbonyl (C=O) groups excluding carboxylic acids is 2. The monoisotopic (exact) mass is 718 g/mol. The van der Waals surface area contributed by atoms with Crippen molar-refractivity contribution < 1.29 is 38.0 Å². The van der Waals surface area contributed by atoms with Gasteiger partial charge in [0.05, 0.1) is 35.1 Å². The van der Waals surface area contributed by atoms with E-state index in [9.17, 15) is 19.1 Å². The SMILES string of the molecule is CCOc1cc([C@H]2NC(=O)NC(C)=C2C(=O)OC)ccc1OC[C@H](O)N/N=C\c1ccc(OCc2ccc(F)cc2)c(I)c1. The lowest BCUT2D eigenvalue weighted by Crippen LogP contribution is -2.45. The zero-order valence-electron chi connectivity index (χ0n) is 24.2. The van der Waals surface area contributed by atoms with Gasteiger partial charge in [-0.15, -0.1) is 0 Å². The largest absolute Gasteiger partial charge is 0.490 e. The van der Waals surface area contributed by atoms with Crippen LogP contribution in [0.15, 0.2) is 77.0 Å². The van der Waals surface area contributed by atoms with Gasteiger partial charge in [-0.05, 0) is 95.6 Å². The molecule has 0 saturated carbocycles. The second kappa shape index (κ2) is 15.4. The van der Waals surface area contributed by atoms with Crippen LogP contribution in [0, 0.1) is 9.39 Å². The summed E-state index contributed by atoms with van der Waals surface area (Å²) in [5.41, 5.74) is 5.49. The van der Waals surface area contributed by atoms with Crippen LogP contribution in [-0.2, 0) is 16.1 Å². The van der Waals surface area contributed by atoms with Gasteiger partial charge in [0.25, 0.3) is 0 Å². The minimum absolute atomic E-state index is 0.152. The van der Waals surface area contributed by atoms with Crippen LogP contribution in [0.5, 0.6) is 17.2 Å². The Morgan fingerprint density at radius 1 is 1.09 bits per heavy atom. The molecular formula is C31H32FIN4O7. The van der Waals surface area contributed by atoms with Crippen LogP contribution in [-0.4, -0.2) is 49.9 Å². The standard InChI is InChI=1S/C31H32FIN4O7/c1-4-42-26-14-21(29-28(30(39)41-3)18(2)35-31(40)36-29)8-12-25(26)44-17-27(38)37-34-15-20-7-11-24(23(33)13-20)43-16-19-5-9-22(32)10-6-19/h5-15,27,29,37-38H,4,16-17H2,1-3H3,(H2,35,36,40)/b34-15-/t27-,29+/m0/s1. The molecule has 2 amide bonds. The first-order chi connectivity index (χ1) is 21.2. The van der Waals surface area contributed by atoms with Gasteiger partial charge in [0.1, 0.15) is 24.8 Å². The van der Waals surface area contributed by atoms with E-state index in [2.05, 4.69) is 43.8 Å². The molecule has 0 aliphatic carbocycles. The first-order valence-corrected chi connectivity index (χ1v) is 14.7. The fourth-order valence-electron chi connectivity index (χ4n) is 4.28. The molecule has 0 unspecified atom stereocenters. The van der Waals surface area contributed by atoms with Crippen molar-refractivity contribution in [2.24, 2.45) is 5.10 Å². The number of nitrogens with zero attached hydrogens (tertiary/aromatic N) is 1. The maximum Gasteiger partial charge on any atom is 0.337 e. The third-order valence-corrected chi connectivity index (χ3v) is 7.22. The molecule has 3 aromatic carbocycles. The highest BCUT2D eigenvalue weighted by atomic mass is 127. The van der Waals surface area contributed by atoms with E-state index in [4.69, 9.17) is 18.9 Å². The fourth-order valence-corrected chi connectivity index (χ4v) is 4.97. The Labute approximate surface area is 267 Å². The normalized spacial score (nSPS) is 15.3. The number of nitrogens with one attached hydrogen (secondary N) is 3. The predicted octanol–water partition coefficient (Wildman–Crippen LogP) is 4.53. The van der Waals surface area contributed by atoms with Crippen LogP contribution in [0.2, 0.25) is 0 Å². The zero-order valence-corrected chi connectivity index (χ0v) is 26.4. The van der Waals surface area contributed by atoms with Gasteiger partial charge in [0.15, 0.2) is 17.7 Å². The maximum absolute atomic E-state index is 13.1. The number of rotatable bonds is 13. The number of hydrogen-bond donors (Lipinski definition) is 4. The summed E-state index contributed by atoms with van der Waals surface area (Å²) in [4.78, 5) is 24.6. The highest BCUT2D eigenvalue weighted by Crippen LogP contribution is 2.35. The number of ether oxygens (including phenoxy) is 4. The molecule has 2 atom stereocenters. The number of amides is 2. The van der Waals surface area contributed by atoms with Crippen molar-refractivity contribution in [1.82, 2.24) is 16.1 Å². The number of methoxy groups -OCH3 is 1. The number of allylic oxidation sites excluding steroid dienone is 1. The number of aliphatic hydroxyl groups is 1. The molecule has 4 N–H and O–H groups in total. The van der Waals surface area contributed by atoms with Gasteiger partial charge in [-0.1, -0.05) is 18.2 Å². The lowest BCUT2D eigenvalue weighted by molar-refractivity contribution is -0.136. The van der Waals surface area contributed by atoms with Gasteiger partial charge in [-0.2, -0.15) is 5.10 Å². The van der Waals surface area contributed by atoms with Gasteiger partial charge in [-0.25, -0.2) is 14.0 Å². The maximum atomic E-state index is 13.1. The summed E-state index contributed by atoms with van der Waals surface area (Å²) in [6.45, 7) is 3.92. The lowest BCUT2D eigenvalue weighted by atomic mass is 9.95. The van der Waals surface area contributed by atoms with E-state index in [1.54, 1.807) is 43.5 Å². The van der Waals surface area contributed by atoms with Crippen molar-refractivity contribution in [3.05, 3.63) is 98.0 Å². The number of hydrazone groups is 1. The molecule has 232 valence electrons. The highest BCUT2D eigenvalue weighted by Gasteiger charge is 2.32. The second-order valence-corrected chi connectivity index (χ2v) is 10.7. The van der Waals surface area contributed by atoms with Crippen LogP contribution in [0.25, 0.3) is 0 Å². The van der Waals surface area contributed by atoms with E-state index in [1.165, 1.54) is 19.2 Å². The molecule has 3 aromatic rings. The van der Waals surface area contributed by atoms with E-state index >= 15 is 0 Å². The Morgan fingerprint density at radius 2 is 1.84 bits per heavy atom. The first-order valence-electron chi connectivity index (χ1n) is 13.6. The number of benzene rings is 3. The molecule has 4 rings (SSSR count). The minimum Gasteiger partial charge on any atom is -0.490 e. The summed E-state index contributed by atoms with van der Waals surface area (Å²) in [6, 6.07) is 15.4. The summed E-state index contributed by atoms with van der Waals surface area (Å²) >= 11 is 2.16. The van der Waals surface area contributed by atoms with Crippen LogP contribution in [0.3, 0.4) is 0 Å². The minimum atomic E-state index is -1.14. The molecule has 0 saturated heterocycles. The van der Waals surface area contributed by atoms with Gasteiger partial charge < -0.3 is 34.7 Å². The molecule has 44 heavy (non-hydrogen) atoms. The summed E-state index contributed by atoms with van der Waals surface area (Å²) in [5.74, 6) is 0.531. The Morgan fingerprint density at radius 3 is 2.55 bits per heavy atom. The molecule has 0 fully saturated rings. The number of carbonyl (C=O) groups is 2. The van der Waals surface area contributed by atoms with Gasteiger partial charge in [-0.3, -0.25) is 5.43 Å². The van der Waals surface area contributed by atoms with Crippen molar-refractivity contribution in [3.8, 4) is 17.2 Å². The van der Waals surface area contributed by atoms with Crippen molar-refractivity contribution in [3.63, 3.8) is 0 Å². The van der Waals surface area contributed by atoms with Crippen molar-refractivity contribution in [1.29, 1.82) is 0 Å². The van der Waals surface area contributed by atoms with E-state index in [0.717, 1.165) is 14.7 Å². The Hall–Kier alpha value is -4.37. The van der Waals surface area contributed by atoms with Crippen LogP contribution in [0.4, 0.5) is 9.18 Å². The van der Waals surface area contributed by atoms with E-state index in [0.29, 0.717) is 41.7 Å². The number of hydrogen-bond acceptors (Lipinski definition) is 9. The Balaban J connectivity index is 1.34. The summed E-state index contributed by atoms with van der Waals surface area (Å²) in [6.07, 6.45) is 0.412. The summed E-state index contributed by atoms with van der Waals surface area (Å²) in [7, 11) is 1.27. The number of urea groups is 1. The molecule has 0 aromatic heterocycles. The molecule has 13 heteroatoms. The third kappa shape index (κ3) is 8.60. The molecule has 1 aliphatic rings. The quantitative estimate of drug-likeness (QED) is 0.0665. The number of aliphatic hydroxyl groups excluding tert-OH is 1. The van der Waals surface area contributed by atoms with Crippen molar-refractivity contribution in [2.75, 3.05) is 20.3 Å². The smallest absolute Gasteiger partial charge is 0.337 e. The second-order valence-electron chi connectivity index (χ2n) is 9.52. The molecular weight excluding hydrogens is 686 g/mol.